The van der Waals surface area contributed by atoms with Crippen LogP contribution in [0.3, 0.4) is 0 Å². The lowest BCUT2D eigenvalue weighted by Gasteiger charge is -2.27. The Labute approximate surface area is 124 Å². The van der Waals surface area contributed by atoms with Crippen molar-refractivity contribution in [2.24, 2.45) is 0 Å². The van der Waals surface area contributed by atoms with Gasteiger partial charge in [-0.3, -0.25) is 0 Å². The summed E-state index contributed by atoms with van der Waals surface area (Å²) < 4.78 is 24.4. The molecule has 2 rings (SSSR count). The third-order valence-electron chi connectivity index (χ3n) is 2.92. The van der Waals surface area contributed by atoms with Crippen LogP contribution in [0.5, 0.6) is 0 Å². The van der Waals surface area contributed by atoms with Gasteiger partial charge in [0.25, 0.3) is 0 Å². The molecule has 1 N–H and O–H groups in total. The van der Waals surface area contributed by atoms with Gasteiger partial charge in [0.05, 0.1) is 12.8 Å². The average molecular weight is 342 g/mol. The fourth-order valence-corrected chi connectivity index (χ4v) is 2.14. The molecule has 1 aromatic heterocycles. The Morgan fingerprint density at radius 1 is 1.35 bits per heavy atom. The molecule has 6 heteroatoms. The number of para-hydroxylation sites is 1. The number of ether oxygens (including phenoxy) is 1. The number of methoxy groups -OCH3 is 1. The largest absolute Gasteiger partial charge is 0.467 e. The lowest BCUT2D eigenvalue weighted by atomic mass is 9.98. The monoisotopic (exact) mass is 341 g/mol. The Morgan fingerprint density at radius 2 is 2.05 bits per heavy atom. The molecular weight excluding hydrogens is 329 g/mol. The molecule has 1 atom stereocenters. The van der Waals surface area contributed by atoms with E-state index in [9.17, 15) is 9.18 Å². The second-order valence-corrected chi connectivity index (χ2v) is 5.11. The van der Waals surface area contributed by atoms with Gasteiger partial charge in [-0.15, -0.1) is 0 Å². The van der Waals surface area contributed by atoms with Gasteiger partial charge in [0.1, 0.15) is 11.6 Å². The molecule has 106 valence electrons. The van der Waals surface area contributed by atoms with E-state index in [1.165, 1.54) is 19.2 Å². The Hall–Kier alpha value is -1.82. The highest BCUT2D eigenvalue weighted by Crippen LogP contribution is 2.31. The van der Waals surface area contributed by atoms with Crippen molar-refractivity contribution in [1.29, 1.82) is 0 Å². The van der Waals surface area contributed by atoms with E-state index >= 15 is 0 Å². The number of anilines is 1. The van der Waals surface area contributed by atoms with Crippen LogP contribution < -0.4 is 5.32 Å². The lowest BCUT2D eigenvalue weighted by Crippen LogP contribution is -2.41. The molecule has 20 heavy (non-hydrogen) atoms. The maximum absolute atomic E-state index is 13.8. The number of esters is 1. The zero-order valence-electron chi connectivity index (χ0n) is 10.9. The summed E-state index contributed by atoms with van der Waals surface area (Å²) in [6, 6.07) is 9.35. The summed E-state index contributed by atoms with van der Waals surface area (Å²) in [5, 5.41) is 2.84. The van der Waals surface area contributed by atoms with Crippen molar-refractivity contribution in [3.63, 3.8) is 0 Å². The van der Waals surface area contributed by atoms with E-state index in [2.05, 4.69) is 21.2 Å². The van der Waals surface area contributed by atoms with E-state index in [1.54, 1.807) is 31.2 Å². The highest BCUT2D eigenvalue weighted by molar-refractivity contribution is 9.10. The van der Waals surface area contributed by atoms with E-state index in [0.717, 1.165) is 0 Å². The fourth-order valence-electron chi connectivity index (χ4n) is 1.83. The highest BCUT2D eigenvalue weighted by Gasteiger charge is 2.40. The third-order valence-corrected chi connectivity index (χ3v) is 3.34. The molecule has 0 spiro atoms. The molecule has 0 aliphatic rings. The first kappa shape index (κ1) is 14.6. The van der Waals surface area contributed by atoms with E-state index in [-0.39, 0.29) is 5.69 Å². The van der Waals surface area contributed by atoms with Crippen molar-refractivity contribution in [2.45, 2.75) is 12.5 Å². The number of benzene rings is 1. The number of carbonyl (C=O) groups is 1. The van der Waals surface area contributed by atoms with Crippen LogP contribution in [0.25, 0.3) is 0 Å². The number of hydrogen-bond donors (Lipinski definition) is 1. The molecule has 2 aromatic rings. The molecule has 1 unspecified atom stereocenters. The van der Waals surface area contributed by atoms with E-state index in [4.69, 9.17) is 9.15 Å². The number of furan rings is 1. The summed E-state index contributed by atoms with van der Waals surface area (Å²) in [5.41, 5.74) is -1.14. The Morgan fingerprint density at radius 3 is 2.60 bits per heavy atom. The van der Waals surface area contributed by atoms with Crippen molar-refractivity contribution in [3.05, 3.63) is 52.6 Å². The van der Waals surface area contributed by atoms with Gasteiger partial charge in [-0.2, -0.15) is 0 Å². The number of halogens is 2. The molecular formula is C14H13BrFNO3. The van der Waals surface area contributed by atoms with Crippen LogP contribution in [0, 0.1) is 5.82 Å². The van der Waals surface area contributed by atoms with Gasteiger partial charge < -0.3 is 14.5 Å². The van der Waals surface area contributed by atoms with E-state index < -0.39 is 17.3 Å². The summed E-state index contributed by atoms with van der Waals surface area (Å²) in [6.45, 7) is 1.57. The van der Waals surface area contributed by atoms with Crippen LogP contribution in [0.2, 0.25) is 0 Å². The third kappa shape index (κ3) is 2.70. The van der Waals surface area contributed by atoms with Gasteiger partial charge in [0, 0.05) is 0 Å². The van der Waals surface area contributed by atoms with Gasteiger partial charge in [-0.05, 0) is 47.1 Å². The Balaban J connectivity index is 2.43. The van der Waals surface area contributed by atoms with Gasteiger partial charge >= 0.3 is 5.97 Å². The fraction of sp³-hybridized carbons (Fsp3) is 0.214. The Kier molecular flexibility index (Phi) is 4.13. The summed E-state index contributed by atoms with van der Waals surface area (Å²) >= 11 is 3.17. The predicted octanol–water partition coefficient (Wildman–Crippen LogP) is 3.68. The molecule has 1 heterocycles. The molecule has 1 aromatic carbocycles. The highest BCUT2D eigenvalue weighted by atomic mass is 79.9. The van der Waals surface area contributed by atoms with Crippen molar-refractivity contribution >= 4 is 27.6 Å². The van der Waals surface area contributed by atoms with Gasteiger partial charge in [-0.25, -0.2) is 9.18 Å². The standard InChI is InChI=1S/C14H13BrFNO3/c1-14(13(18)19-2,11-7-8-12(15)20-11)17-10-6-4-3-5-9(10)16/h3-8,17H,1-2H3. The summed E-state index contributed by atoms with van der Waals surface area (Å²) in [7, 11) is 1.27. The van der Waals surface area contributed by atoms with Crippen molar-refractivity contribution in [2.75, 3.05) is 12.4 Å². The second kappa shape index (κ2) is 5.66. The van der Waals surface area contributed by atoms with Crippen LogP contribution in [0.4, 0.5) is 10.1 Å². The van der Waals surface area contributed by atoms with Crippen LogP contribution in [0.1, 0.15) is 12.7 Å². The van der Waals surface area contributed by atoms with Gasteiger partial charge in [-0.1, -0.05) is 12.1 Å². The maximum atomic E-state index is 13.8. The first-order valence-electron chi connectivity index (χ1n) is 5.84. The normalized spacial score (nSPS) is 13.6. The minimum absolute atomic E-state index is 0.188. The van der Waals surface area contributed by atoms with E-state index in [0.29, 0.717) is 10.4 Å². The number of nitrogens with one attached hydrogen (secondary N) is 1. The lowest BCUT2D eigenvalue weighted by molar-refractivity contribution is -0.146. The SMILES string of the molecule is COC(=O)C(C)(Nc1ccccc1F)c1ccc(Br)o1. The topological polar surface area (TPSA) is 51.5 Å². The number of hydrogen-bond acceptors (Lipinski definition) is 4. The van der Waals surface area contributed by atoms with Crippen molar-refractivity contribution < 1.29 is 18.3 Å². The molecule has 0 fully saturated rings. The quantitative estimate of drug-likeness (QED) is 0.862. The van der Waals surface area contributed by atoms with Crippen LogP contribution in [-0.2, 0) is 15.1 Å². The first-order valence-corrected chi connectivity index (χ1v) is 6.63. The van der Waals surface area contributed by atoms with Crippen molar-refractivity contribution in [1.82, 2.24) is 0 Å². The number of rotatable bonds is 4. The molecule has 4 nitrogen and oxygen atoms in total. The molecule has 0 radical (unpaired) electrons. The zero-order chi connectivity index (χ0) is 14.8. The first-order chi connectivity index (χ1) is 9.47. The van der Waals surface area contributed by atoms with Crippen LogP contribution >= 0.6 is 15.9 Å². The Bertz CT molecular complexity index is 628. The molecule has 0 aliphatic heterocycles. The average Bonchev–Trinajstić information content (AvgIpc) is 2.87. The predicted molar refractivity (Wildman–Crippen MR) is 75.8 cm³/mol. The minimum atomic E-state index is -1.33. The van der Waals surface area contributed by atoms with Crippen LogP contribution in [-0.4, -0.2) is 13.1 Å². The minimum Gasteiger partial charge on any atom is -0.467 e. The molecule has 0 amide bonds. The summed E-state index contributed by atoms with van der Waals surface area (Å²) in [4.78, 5) is 12.1. The molecule has 0 bridgehead atoms. The van der Waals surface area contributed by atoms with Crippen molar-refractivity contribution in [3.8, 4) is 0 Å². The molecule has 0 saturated heterocycles. The second-order valence-electron chi connectivity index (χ2n) is 4.33. The van der Waals surface area contributed by atoms with Crippen LogP contribution in [0.15, 0.2) is 45.5 Å². The summed E-state index contributed by atoms with van der Waals surface area (Å²) in [6.07, 6.45) is 0. The molecule has 0 saturated carbocycles. The van der Waals surface area contributed by atoms with Gasteiger partial charge in [0.15, 0.2) is 10.2 Å². The van der Waals surface area contributed by atoms with E-state index in [1.807, 2.05) is 0 Å². The maximum Gasteiger partial charge on any atom is 0.339 e. The van der Waals surface area contributed by atoms with Gasteiger partial charge in [0.2, 0.25) is 0 Å². The summed E-state index contributed by atoms with van der Waals surface area (Å²) in [5.74, 6) is -0.727. The zero-order valence-corrected chi connectivity index (χ0v) is 12.5. The number of carbonyl (C=O) groups excluding carboxylic acids is 1. The smallest absolute Gasteiger partial charge is 0.339 e. The molecule has 0 aliphatic carbocycles.